The first-order chi connectivity index (χ1) is 12.7. The molecule has 0 saturated carbocycles. The van der Waals surface area contributed by atoms with Crippen molar-refractivity contribution in [1.82, 2.24) is 19.9 Å². The van der Waals surface area contributed by atoms with Gasteiger partial charge in [-0.25, -0.2) is 4.98 Å². The second-order valence-electron chi connectivity index (χ2n) is 6.53. The predicted octanol–water partition coefficient (Wildman–Crippen LogP) is 2.78. The first-order valence-electron chi connectivity index (χ1n) is 8.74. The Hall–Kier alpha value is -3.15. The molecular weight excluding hydrogens is 326 g/mol. The molecule has 0 aliphatic carbocycles. The van der Waals surface area contributed by atoms with Crippen molar-refractivity contribution >= 4 is 11.7 Å². The summed E-state index contributed by atoms with van der Waals surface area (Å²) in [6.07, 6.45) is 5.43. The van der Waals surface area contributed by atoms with Gasteiger partial charge in [0.25, 0.3) is 5.91 Å². The van der Waals surface area contributed by atoms with Gasteiger partial charge in [0, 0.05) is 56.0 Å². The molecule has 1 N–H and O–H groups in total. The number of H-pyrrole nitrogens is 1. The van der Waals surface area contributed by atoms with Crippen molar-refractivity contribution in [3.05, 3.63) is 77.5 Å². The van der Waals surface area contributed by atoms with Gasteiger partial charge in [-0.05, 0) is 36.8 Å². The van der Waals surface area contributed by atoms with Gasteiger partial charge in [0.2, 0.25) is 0 Å². The zero-order valence-electron chi connectivity index (χ0n) is 14.7. The van der Waals surface area contributed by atoms with Gasteiger partial charge in [-0.1, -0.05) is 12.1 Å². The molecule has 0 fully saturated rings. The first-order valence-corrected chi connectivity index (χ1v) is 8.74. The van der Waals surface area contributed by atoms with Crippen LogP contribution in [0.3, 0.4) is 0 Å². The van der Waals surface area contributed by atoms with E-state index in [0.29, 0.717) is 18.8 Å². The Morgan fingerprint density at radius 3 is 2.88 bits per heavy atom. The average molecular weight is 347 g/mol. The lowest BCUT2D eigenvalue weighted by Crippen LogP contribution is -2.35. The van der Waals surface area contributed by atoms with Gasteiger partial charge in [0.05, 0.1) is 0 Å². The summed E-state index contributed by atoms with van der Waals surface area (Å²) in [7, 11) is 0. The summed E-state index contributed by atoms with van der Waals surface area (Å²) < 4.78 is 0. The topological polar surface area (TPSA) is 65.1 Å². The molecule has 0 radical (unpaired) electrons. The van der Waals surface area contributed by atoms with Crippen molar-refractivity contribution < 1.29 is 4.79 Å². The minimum absolute atomic E-state index is 0.0183. The summed E-state index contributed by atoms with van der Waals surface area (Å²) in [5.41, 5.74) is 3.79. The third-order valence-corrected chi connectivity index (χ3v) is 4.61. The summed E-state index contributed by atoms with van der Waals surface area (Å²) in [5, 5.41) is 0. The van der Waals surface area contributed by atoms with E-state index >= 15 is 0 Å². The highest BCUT2D eigenvalue weighted by molar-refractivity contribution is 5.92. The third-order valence-electron chi connectivity index (χ3n) is 4.61. The highest BCUT2D eigenvalue weighted by Crippen LogP contribution is 2.25. The van der Waals surface area contributed by atoms with Crippen LogP contribution >= 0.6 is 0 Å². The number of anilines is 1. The Morgan fingerprint density at radius 1 is 1.19 bits per heavy atom. The van der Waals surface area contributed by atoms with E-state index in [9.17, 15) is 4.79 Å². The monoisotopic (exact) mass is 347 g/mol. The van der Waals surface area contributed by atoms with E-state index in [1.54, 1.807) is 12.4 Å². The Kier molecular flexibility index (Phi) is 4.39. The molecule has 132 valence electrons. The minimum Gasteiger partial charge on any atom is -0.357 e. The van der Waals surface area contributed by atoms with Crippen LogP contribution in [0.25, 0.3) is 0 Å². The van der Waals surface area contributed by atoms with Crippen molar-refractivity contribution in [3.63, 3.8) is 0 Å². The van der Waals surface area contributed by atoms with Crippen molar-refractivity contribution in [3.8, 4) is 0 Å². The van der Waals surface area contributed by atoms with E-state index in [4.69, 9.17) is 4.98 Å². The molecule has 0 atom stereocenters. The molecule has 1 aliphatic heterocycles. The average Bonchev–Trinajstić information content (AvgIpc) is 3.14. The summed E-state index contributed by atoms with van der Waals surface area (Å²) in [6, 6.07) is 11.7. The van der Waals surface area contributed by atoms with Crippen LogP contribution in [0.1, 0.15) is 27.3 Å². The maximum absolute atomic E-state index is 12.8. The standard InChI is InChI=1S/C20H21N5O/c1-15-6-7-17-14-25(20(26)18-5-3-9-22-18)11-10-24(19(17)23-15)13-16-4-2-8-21-12-16/h2-9,12,22H,10-11,13-14H2,1H3. The molecule has 4 rings (SSSR count). The predicted molar refractivity (Wildman–Crippen MR) is 99.8 cm³/mol. The Labute approximate surface area is 152 Å². The van der Waals surface area contributed by atoms with Crippen LogP contribution in [0, 0.1) is 6.92 Å². The zero-order valence-corrected chi connectivity index (χ0v) is 14.7. The fraction of sp³-hybridized carbons (Fsp3) is 0.250. The highest BCUT2D eigenvalue weighted by atomic mass is 16.2. The maximum atomic E-state index is 12.8. The number of amides is 1. The SMILES string of the molecule is Cc1ccc2c(n1)N(Cc1cccnc1)CCN(C(=O)c1ccc[nH]1)C2. The number of fused-ring (bicyclic) bond motifs is 1. The van der Waals surface area contributed by atoms with Crippen molar-refractivity contribution in [2.45, 2.75) is 20.0 Å². The number of hydrogen-bond acceptors (Lipinski definition) is 4. The summed E-state index contributed by atoms with van der Waals surface area (Å²) >= 11 is 0. The molecule has 3 aromatic heterocycles. The molecule has 0 spiro atoms. The van der Waals surface area contributed by atoms with Gasteiger partial charge in [-0.3, -0.25) is 9.78 Å². The molecule has 0 bridgehead atoms. The summed E-state index contributed by atoms with van der Waals surface area (Å²) in [5.74, 6) is 0.973. The highest BCUT2D eigenvalue weighted by Gasteiger charge is 2.25. The van der Waals surface area contributed by atoms with Gasteiger partial charge >= 0.3 is 0 Å². The lowest BCUT2D eigenvalue weighted by atomic mass is 10.2. The third kappa shape index (κ3) is 3.31. The second-order valence-corrected chi connectivity index (χ2v) is 6.53. The number of nitrogens with one attached hydrogen (secondary N) is 1. The van der Waals surface area contributed by atoms with Crippen molar-refractivity contribution in [1.29, 1.82) is 0 Å². The molecule has 1 amide bonds. The van der Waals surface area contributed by atoms with Crippen LogP contribution in [-0.2, 0) is 13.1 Å². The molecule has 3 aromatic rings. The van der Waals surface area contributed by atoms with Crippen LogP contribution in [0.2, 0.25) is 0 Å². The fourth-order valence-corrected chi connectivity index (χ4v) is 3.27. The second kappa shape index (κ2) is 7.00. The van der Waals surface area contributed by atoms with Crippen LogP contribution in [0.5, 0.6) is 0 Å². The van der Waals surface area contributed by atoms with Gasteiger partial charge in [0.1, 0.15) is 11.5 Å². The van der Waals surface area contributed by atoms with Gasteiger partial charge in [-0.2, -0.15) is 0 Å². The Bertz CT molecular complexity index is 892. The smallest absolute Gasteiger partial charge is 0.270 e. The zero-order chi connectivity index (χ0) is 17.9. The summed E-state index contributed by atoms with van der Waals surface area (Å²) in [6.45, 7) is 4.65. The lowest BCUT2D eigenvalue weighted by Gasteiger charge is -2.24. The number of hydrogen-bond donors (Lipinski definition) is 1. The van der Waals surface area contributed by atoms with Crippen molar-refractivity contribution in [2.24, 2.45) is 0 Å². The summed E-state index contributed by atoms with van der Waals surface area (Å²) in [4.78, 5) is 28.9. The number of carbonyl (C=O) groups is 1. The number of nitrogens with zero attached hydrogens (tertiary/aromatic N) is 4. The molecule has 6 nitrogen and oxygen atoms in total. The van der Waals surface area contributed by atoms with Crippen LogP contribution in [-0.4, -0.2) is 38.8 Å². The van der Waals surface area contributed by atoms with Crippen LogP contribution in [0.15, 0.2) is 55.0 Å². The molecule has 26 heavy (non-hydrogen) atoms. The first kappa shape index (κ1) is 16.3. The molecule has 6 heteroatoms. The molecule has 0 unspecified atom stereocenters. The number of pyridine rings is 2. The Balaban J connectivity index is 1.64. The van der Waals surface area contributed by atoms with Gasteiger partial charge in [-0.15, -0.1) is 0 Å². The van der Waals surface area contributed by atoms with E-state index in [-0.39, 0.29) is 5.91 Å². The molecule has 4 heterocycles. The van der Waals surface area contributed by atoms with Crippen LogP contribution in [0.4, 0.5) is 5.82 Å². The minimum atomic E-state index is 0.0183. The van der Waals surface area contributed by atoms with E-state index < -0.39 is 0 Å². The Morgan fingerprint density at radius 2 is 2.12 bits per heavy atom. The van der Waals surface area contributed by atoms with Gasteiger partial charge in [0.15, 0.2) is 0 Å². The molecule has 0 aromatic carbocycles. The van der Waals surface area contributed by atoms with E-state index in [2.05, 4.69) is 27.0 Å². The molecular formula is C20H21N5O. The largest absolute Gasteiger partial charge is 0.357 e. The fourth-order valence-electron chi connectivity index (χ4n) is 3.27. The van der Waals surface area contributed by atoms with E-state index in [1.165, 1.54) is 0 Å². The lowest BCUT2D eigenvalue weighted by molar-refractivity contribution is 0.0746. The number of aromatic amines is 1. The van der Waals surface area contributed by atoms with Crippen molar-refractivity contribution in [2.75, 3.05) is 18.0 Å². The molecule has 0 saturated heterocycles. The number of carbonyl (C=O) groups excluding carboxylic acids is 1. The normalized spacial score (nSPS) is 14.0. The number of aryl methyl sites for hydroxylation is 1. The quantitative estimate of drug-likeness (QED) is 0.791. The maximum Gasteiger partial charge on any atom is 0.270 e. The van der Waals surface area contributed by atoms with Crippen LogP contribution < -0.4 is 4.90 Å². The van der Waals surface area contributed by atoms with Gasteiger partial charge < -0.3 is 14.8 Å². The molecule has 1 aliphatic rings. The number of aromatic nitrogens is 3. The van der Waals surface area contributed by atoms with E-state index in [1.807, 2.05) is 42.3 Å². The number of rotatable bonds is 3. The van der Waals surface area contributed by atoms with E-state index in [0.717, 1.165) is 35.7 Å².